The maximum Gasteiger partial charge on any atom is 0.455 e. The maximum atomic E-state index is 13.2. The Bertz CT molecular complexity index is 449. The van der Waals surface area contributed by atoms with Crippen molar-refractivity contribution in [3.63, 3.8) is 0 Å². The molecule has 112 valence electrons. The minimum absolute atomic E-state index is 0.227. The highest BCUT2D eigenvalue weighted by Gasteiger charge is 2.61. The maximum absolute atomic E-state index is 13.2. The third kappa shape index (κ3) is 2.72. The third-order valence-corrected chi connectivity index (χ3v) is 3.49. The molecule has 0 aromatic heterocycles. The van der Waals surface area contributed by atoms with Crippen LogP contribution in [-0.4, -0.2) is 25.2 Å². The van der Waals surface area contributed by atoms with E-state index in [9.17, 15) is 22.0 Å². The molecule has 1 aliphatic heterocycles. The lowest BCUT2D eigenvalue weighted by molar-refractivity contribution is -0.291. The average Bonchev–Trinajstić information content (AvgIpc) is 2.90. The first-order valence-corrected chi connectivity index (χ1v) is 6.28. The Morgan fingerprint density at radius 3 is 1.90 bits per heavy atom. The van der Waals surface area contributed by atoms with E-state index >= 15 is 0 Å². The van der Waals surface area contributed by atoms with Crippen molar-refractivity contribution in [2.45, 2.75) is 31.0 Å². The van der Waals surface area contributed by atoms with E-state index in [0.29, 0.717) is 0 Å². The van der Waals surface area contributed by atoms with Crippen LogP contribution in [-0.2, 0) is 0 Å². The van der Waals surface area contributed by atoms with Gasteiger partial charge in [0, 0.05) is 18.8 Å². The lowest BCUT2D eigenvalue weighted by Crippen LogP contribution is -2.45. The van der Waals surface area contributed by atoms with Crippen molar-refractivity contribution in [2.24, 2.45) is 5.73 Å². The quantitative estimate of drug-likeness (QED) is 0.865. The molecule has 20 heavy (non-hydrogen) atoms. The summed E-state index contributed by atoms with van der Waals surface area (Å²) in [7, 11) is 0. The molecule has 0 spiro atoms. The topological polar surface area (TPSA) is 29.3 Å². The highest BCUT2D eigenvalue weighted by molar-refractivity contribution is 5.48. The summed E-state index contributed by atoms with van der Waals surface area (Å²) >= 11 is 0. The van der Waals surface area contributed by atoms with Crippen LogP contribution in [0.2, 0.25) is 0 Å². The minimum atomic E-state index is -5.65. The van der Waals surface area contributed by atoms with Crippen molar-refractivity contribution >= 4 is 5.69 Å². The summed E-state index contributed by atoms with van der Waals surface area (Å²) in [4.78, 5) is 2.05. The van der Waals surface area contributed by atoms with Gasteiger partial charge < -0.3 is 10.6 Å². The van der Waals surface area contributed by atoms with E-state index < -0.39 is 18.1 Å². The monoisotopic (exact) mass is 294 g/mol. The lowest BCUT2D eigenvalue weighted by Gasteiger charge is -2.26. The molecule has 0 amide bonds. The second kappa shape index (κ2) is 5.20. The summed E-state index contributed by atoms with van der Waals surface area (Å²) in [5.41, 5.74) is 5.67. The van der Waals surface area contributed by atoms with Gasteiger partial charge in [-0.2, -0.15) is 22.0 Å². The van der Waals surface area contributed by atoms with E-state index in [0.717, 1.165) is 31.6 Å². The second-order valence-corrected chi connectivity index (χ2v) is 4.88. The zero-order valence-electron chi connectivity index (χ0n) is 10.6. The van der Waals surface area contributed by atoms with E-state index in [-0.39, 0.29) is 5.56 Å². The molecule has 1 aromatic carbocycles. The van der Waals surface area contributed by atoms with Gasteiger partial charge in [0.1, 0.15) is 6.04 Å². The summed E-state index contributed by atoms with van der Waals surface area (Å²) < 4.78 is 63.1. The standard InChI is InChI=1S/C13H15F5N2/c14-12(15,13(16,17)18)11(19)9-3-5-10(6-4-9)20-7-1-2-8-20/h3-6,11H,1-2,7-8,19H2/t11-/m0/s1. The van der Waals surface area contributed by atoms with Crippen molar-refractivity contribution < 1.29 is 22.0 Å². The Morgan fingerprint density at radius 1 is 0.950 bits per heavy atom. The molecule has 0 bridgehead atoms. The number of rotatable bonds is 3. The summed E-state index contributed by atoms with van der Waals surface area (Å²) in [5.74, 6) is -4.94. The number of alkyl halides is 5. The number of anilines is 1. The molecule has 2 rings (SSSR count). The van der Waals surface area contributed by atoms with E-state index in [4.69, 9.17) is 5.73 Å². The normalized spacial score (nSPS) is 18.4. The molecule has 1 heterocycles. The van der Waals surface area contributed by atoms with E-state index in [1.165, 1.54) is 24.3 Å². The number of benzene rings is 1. The molecule has 0 aliphatic carbocycles. The predicted octanol–water partition coefficient (Wildman–Crippen LogP) is 3.48. The van der Waals surface area contributed by atoms with Gasteiger partial charge in [0.15, 0.2) is 0 Å². The molecule has 2 nitrogen and oxygen atoms in total. The first-order valence-electron chi connectivity index (χ1n) is 6.28. The Labute approximate surface area is 113 Å². The van der Waals surface area contributed by atoms with Gasteiger partial charge in [-0.3, -0.25) is 0 Å². The van der Waals surface area contributed by atoms with E-state index in [1.807, 2.05) is 0 Å². The number of halogens is 5. The van der Waals surface area contributed by atoms with Crippen LogP contribution < -0.4 is 10.6 Å². The van der Waals surface area contributed by atoms with Crippen LogP contribution in [0, 0.1) is 0 Å². The van der Waals surface area contributed by atoms with Gasteiger partial charge in [-0.05, 0) is 30.5 Å². The lowest BCUT2D eigenvalue weighted by atomic mass is 10.0. The first kappa shape index (κ1) is 15.0. The molecule has 1 aliphatic rings. The average molecular weight is 294 g/mol. The van der Waals surface area contributed by atoms with Gasteiger partial charge in [0.25, 0.3) is 0 Å². The Balaban J connectivity index is 2.17. The molecule has 0 saturated carbocycles. The van der Waals surface area contributed by atoms with Gasteiger partial charge in [0.05, 0.1) is 0 Å². The van der Waals surface area contributed by atoms with Crippen molar-refractivity contribution in [1.82, 2.24) is 0 Å². The second-order valence-electron chi connectivity index (χ2n) is 4.88. The number of nitrogens with two attached hydrogens (primary N) is 1. The summed E-state index contributed by atoms with van der Waals surface area (Å²) in [6.45, 7) is 1.73. The molecular formula is C13H15F5N2. The van der Waals surface area contributed by atoms with Crippen LogP contribution in [0.25, 0.3) is 0 Å². The van der Waals surface area contributed by atoms with Gasteiger partial charge in [-0.15, -0.1) is 0 Å². The third-order valence-electron chi connectivity index (χ3n) is 3.49. The molecule has 1 fully saturated rings. The highest BCUT2D eigenvalue weighted by atomic mass is 19.4. The van der Waals surface area contributed by atoms with Crippen LogP contribution in [0.3, 0.4) is 0 Å². The van der Waals surface area contributed by atoms with Gasteiger partial charge >= 0.3 is 12.1 Å². The van der Waals surface area contributed by atoms with Gasteiger partial charge in [-0.1, -0.05) is 12.1 Å². The van der Waals surface area contributed by atoms with Crippen molar-refractivity contribution in [1.29, 1.82) is 0 Å². The van der Waals surface area contributed by atoms with Crippen LogP contribution in [0.4, 0.5) is 27.6 Å². The van der Waals surface area contributed by atoms with Crippen molar-refractivity contribution in [2.75, 3.05) is 18.0 Å². The van der Waals surface area contributed by atoms with Crippen LogP contribution in [0.5, 0.6) is 0 Å². The van der Waals surface area contributed by atoms with E-state index in [1.54, 1.807) is 0 Å². The zero-order chi connectivity index (χ0) is 15.0. The largest absolute Gasteiger partial charge is 0.455 e. The molecule has 0 unspecified atom stereocenters. The predicted molar refractivity (Wildman–Crippen MR) is 65.8 cm³/mol. The first-order chi connectivity index (χ1) is 9.23. The van der Waals surface area contributed by atoms with Crippen LogP contribution in [0.15, 0.2) is 24.3 Å². The van der Waals surface area contributed by atoms with Gasteiger partial charge in [-0.25, -0.2) is 0 Å². The van der Waals surface area contributed by atoms with Crippen molar-refractivity contribution in [3.05, 3.63) is 29.8 Å². The zero-order valence-corrected chi connectivity index (χ0v) is 10.6. The molecule has 7 heteroatoms. The molecule has 1 aromatic rings. The molecular weight excluding hydrogens is 279 g/mol. The molecule has 1 saturated heterocycles. The molecule has 1 atom stereocenters. The SMILES string of the molecule is N[C@@H](c1ccc(N2CCCC2)cc1)C(F)(F)C(F)(F)F. The Kier molecular flexibility index (Phi) is 3.90. The summed E-state index contributed by atoms with van der Waals surface area (Å²) in [5, 5.41) is 0. The van der Waals surface area contributed by atoms with Crippen LogP contribution >= 0.6 is 0 Å². The fraction of sp³-hybridized carbons (Fsp3) is 0.538. The molecule has 0 radical (unpaired) electrons. The minimum Gasteiger partial charge on any atom is -0.372 e. The van der Waals surface area contributed by atoms with E-state index in [2.05, 4.69) is 4.90 Å². The summed E-state index contributed by atoms with van der Waals surface area (Å²) in [6, 6.07) is 3.14. The Morgan fingerprint density at radius 2 is 1.45 bits per heavy atom. The number of hydrogen-bond donors (Lipinski definition) is 1. The fourth-order valence-corrected chi connectivity index (χ4v) is 2.25. The number of nitrogens with zero attached hydrogens (tertiary/aromatic N) is 1. The number of hydrogen-bond acceptors (Lipinski definition) is 2. The summed E-state index contributed by atoms with van der Waals surface area (Å²) in [6.07, 6.45) is -3.55. The highest BCUT2D eigenvalue weighted by Crippen LogP contribution is 2.43. The van der Waals surface area contributed by atoms with Crippen molar-refractivity contribution in [3.8, 4) is 0 Å². The fourth-order valence-electron chi connectivity index (χ4n) is 2.25. The smallest absolute Gasteiger partial charge is 0.372 e. The van der Waals surface area contributed by atoms with Crippen LogP contribution in [0.1, 0.15) is 24.4 Å². The van der Waals surface area contributed by atoms with Gasteiger partial charge in [0.2, 0.25) is 0 Å². The Hall–Kier alpha value is -1.37. The molecule has 2 N–H and O–H groups in total.